The zero-order chi connectivity index (χ0) is 20.6. The van der Waals surface area contributed by atoms with Crippen LogP contribution in [0.3, 0.4) is 0 Å². The average molecular weight is 457 g/mol. The van der Waals surface area contributed by atoms with Crippen LogP contribution < -0.4 is 0 Å². The maximum atomic E-state index is 14.2. The van der Waals surface area contributed by atoms with Crippen molar-refractivity contribution in [3.63, 3.8) is 0 Å². The molecule has 0 saturated heterocycles. The van der Waals surface area contributed by atoms with Crippen molar-refractivity contribution in [2.45, 2.75) is 36.3 Å². The smallest absolute Gasteiger partial charge is 0.270 e. The quantitative estimate of drug-likeness (QED) is 0.327. The van der Waals surface area contributed by atoms with Crippen LogP contribution in [0.2, 0.25) is 0 Å². The van der Waals surface area contributed by atoms with Crippen molar-refractivity contribution in [1.29, 1.82) is 5.26 Å². The summed E-state index contributed by atoms with van der Waals surface area (Å²) in [4.78, 5) is 2.11. The first-order valence-corrected chi connectivity index (χ1v) is 8.45. The van der Waals surface area contributed by atoms with Crippen LogP contribution in [0, 0.1) is 17.2 Å². The number of alkyl halides is 8. The van der Waals surface area contributed by atoms with Crippen LogP contribution in [-0.4, -0.2) is 28.7 Å². The molecule has 0 N–H and O–H groups in total. The van der Waals surface area contributed by atoms with E-state index in [9.17, 15) is 30.7 Å². The molecule has 2 unspecified atom stereocenters. The fourth-order valence-corrected chi connectivity index (χ4v) is 3.57. The first kappa shape index (κ1) is 21.4. The van der Waals surface area contributed by atoms with E-state index in [1.807, 2.05) is 6.07 Å². The third kappa shape index (κ3) is 3.88. The van der Waals surface area contributed by atoms with E-state index in [4.69, 9.17) is 5.26 Å². The number of aliphatic imine (C=N–C) groups is 1. The van der Waals surface area contributed by atoms with Crippen LogP contribution >= 0.6 is 15.9 Å². The number of halogens is 8. The van der Waals surface area contributed by atoms with E-state index in [1.54, 1.807) is 18.2 Å². The first-order chi connectivity index (χ1) is 12.3. The zero-order valence-corrected chi connectivity index (χ0v) is 15.3. The van der Waals surface area contributed by atoms with Crippen molar-refractivity contribution in [1.82, 2.24) is 0 Å². The standard InChI is InChI=1S/C17H12BrF7N2/c1-9-6-13(15(19,16(20,21)22)17(23,24)25)27-14(18)12(9)7-10-4-2-3-5-11(10)8-26/h2-6,12,14H,7H2,1H3. The predicted molar refractivity (Wildman–Crippen MR) is 88.2 cm³/mol. The minimum atomic E-state index is -6.21. The molecule has 1 aromatic rings. The molecular formula is C17H12BrF7N2. The normalized spacial score (nSPS) is 21.3. The second kappa shape index (κ2) is 7.26. The summed E-state index contributed by atoms with van der Waals surface area (Å²) in [6.45, 7) is 1.30. The lowest BCUT2D eigenvalue weighted by molar-refractivity contribution is -0.312. The van der Waals surface area contributed by atoms with Gasteiger partial charge < -0.3 is 0 Å². The number of hydrogen-bond acceptors (Lipinski definition) is 2. The second-order valence-electron chi connectivity index (χ2n) is 6.01. The second-order valence-corrected chi connectivity index (χ2v) is 6.95. The Morgan fingerprint density at radius 1 is 1.07 bits per heavy atom. The molecule has 10 heteroatoms. The summed E-state index contributed by atoms with van der Waals surface area (Å²) in [6.07, 6.45) is -11.8. The molecule has 1 aliphatic heterocycles. The highest BCUT2D eigenvalue weighted by Crippen LogP contribution is 2.49. The molecular weight excluding hydrogens is 445 g/mol. The van der Waals surface area contributed by atoms with Crippen LogP contribution in [0.25, 0.3) is 0 Å². The molecule has 146 valence electrons. The van der Waals surface area contributed by atoms with Gasteiger partial charge in [0.2, 0.25) is 0 Å². The molecule has 0 radical (unpaired) electrons. The van der Waals surface area contributed by atoms with Gasteiger partial charge in [-0.15, -0.1) is 0 Å². The highest BCUT2D eigenvalue weighted by Gasteiger charge is 2.75. The third-order valence-electron chi connectivity index (χ3n) is 4.26. The predicted octanol–water partition coefficient (Wildman–Crippen LogP) is 5.67. The van der Waals surface area contributed by atoms with Gasteiger partial charge in [0.15, 0.2) is 0 Å². The fourth-order valence-electron chi connectivity index (χ4n) is 2.74. The highest BCUT2D eigenvalue weighted by molar-refractivity contribution is 9.09. The van der Waals surface area contributed by atoms with Crippen LogP contribution in [0.4, 0.5) is 30.7 Å². The summed E-state index contributed by atoms with van der Waals surface area (Å²) in [7, 11) is 0. The monoisotopic (exact) mass is 456 g/mol. The van der Waals surface area contributed by atoms with Crippen LogP contribution in [0.1, 0.15) is 18.1 Å². The van der Waals surface area contributed by atoms with Crippen LogP contribution in [0.15, 0.2) is 40.9 Å². The number of allylic oxidation sites excluding steroid dienone is 1. The van der Waals surface area contributed by atoms with Crippen molar-refractivity contribution in [2.24, 2.45) is 10.9 Å². The van der Waals surface area contributed by atoms with Gasteiger partial charge in [0.1, 0.15) is 4.95 Å². The van der Waals surface area contributed by atoms with E-state index in [0.717, 1.165) is 0 Å². The zero-order valence-electron chi connectivity index (χ0n) is 13.7. The highest BCUT2D eigenvalue weighted by atomic mass is 79.9. The minimum Gasteiger partial charge on any atom is -0.270 e. The molecule has 1 aliphatic rings. The molecule has 0 aliphatic carbocycles. The lowest BCUT2D eigenvalue weighted by Crippen LogP contribution is -2.59. The van der Waals surface area contributed by atoms with Gasteiger partial charge in [0.25, 0.3) is 0 Å². The number of nitriles is 1. The van der Waals surface area contributed by atoms with E-state index in [-0.39, 0.29) is 12.0 Å². The Morgan fingerprint density at radius 2 is 1.63 bits per heavy atom. The number of rotatable bonds is 3. The number of dihydropyridines is 1. The van der Waals surface area contributed by atoms with Gasteiger partial charge in [-0.1, -0.05) is 39.7 Å². The summed E-state index contributed by atoms with van der Waals surface area (Å²) in [6, 6.07) is 8.39. The van der Waals surface area contributed by atoms with Gasteiger partial charge in [-0.25, -0.2) is 4.39 Å². The Morgan fingerprint density at radius 3 is 2.11 bits per heavy atom. The molecule has 1 aromatic carbocycles. The Kier molecular flexibility index (Phi) is 5.76. The molecule has 2 atom stereocenters. The molecule has 27 heavy (non-hydrogen) atoms. The summed E-state index contributed by atoms with van der Waals surface area (Å²) in [5.41, 5.74) is -6.34. The Labute approximate surface area is 158 Å². The molecule has 0 saturated carbocycles. The van der Waals surface area contributed by atoms with E-state index < -0.39 is 34.6 Å². The van der Waals surface area contributed by atoms with E-state index in [2.05, 4.69) is 20.9 Å². The average Bonchev–Trinajstić information content (AvgIpc) is 2.55. The summed E-state index contributed by atoms with van der Waals surface area (Å²) in [5.74, 6) is -0.644. The van der Waals surface area contributed by atoms with Gasteiger partial charge in [0, 0.05) is 5.92 Å². The number of hydrogen-bond donors (Lipinski definition) is 0. The van der Waals surface area contributed by atoms with E-state index in [1.165, 1.54) is 13.0 Å². The summed E-state index contributed by atoms with van der Waals surface area (Å²) in [5, 5.41) is 9.10. The molecule has 0 fully saturated rings. The van der Waals surface area contributed by atoms with Gasteiger partial charge in [0.05, 0.1) is 17.3 Å². The van der Waals surface area contributed by atoms with Crippen molar-refractivity contribution in [3.05, 3.63) is 47.0 Å². The van der Waals surface area contributed by atoms with Crippen molar-refractivity contribution in [3.8, 4) is 6.07 Å². The molecule has 2 nitrogen and oxygen atoms in total. The molecule has 0 amide bonds. The third-order valence-corrected chi connectivity index (χ3v) is 5.10. The topological polar surface area (TPSA) is 36.1 Å². The lowest BCUT2D eigenvalue weighted by atomic mass is 9.85. The number of benzene rings is 1. The molecule has 1 heterocycles. The first-order valence-electron chi connectivity index (χ1n) is 7.54. The Hall–Kier alpha value is -1.89. The summed E-state index contributed by atoms with van der Waals surface area (Å²) < 4.78 is 91.8. The number of nitrogens with zero attached hydrogens (tertiary/aromatic N) is 2. The van der Waals surface area contributed by atoms with Gasteiger partial charge in [-0.2, -0.15) is 31.6 Å². The summed E-state index contributed by atoms with van der Waals surface area (Å²) >= 11 is 2.95. The van der Waals surface area contributed by atoms with E-state index in [0.29, 0.717) is 17.2 Å². The van der Waals surface area contributed by atoms with Crippen molar-refractivity contribution >= 4 is 21.6 Å². The van der Waals surface area contributed by atoms with Crippen LogP contribution in [0.5, 0.6) is 0 Å². The maximum absolute atomic E-state index is 14.2. The fraction of sp³-hybridized carbons (Fsp3) is 0.412. The van der Waals surface area contributed by atoms with Crippen LogP contribution in [-0.2, 0) is 6.42 Å². The van der Waals surface area contributed by atoms with E-state index >= 15 is 0 Å². The SMILES string of the molecule is CC1=CC(C(F)(C(F)(F)F)C(F)(F)F)=NC(Br)C1Cc1ccccc1C#N. The molecule has 2 rings (SSSR count). The molecule has 0 aromatic heterocycles. The Bertz CT molecular complexity index is 804. The largest absolute Gasteiger partial charge is 0.437 e. The molecule has 0 bridgehead atoms. The molecule has 0 spiro atoms. The van der Waals surface area contributed by atoms with Gasteiger partial charge in [-0.3, -0.25) is 4.99 Å². The van der Waals surface area contributed by atoms with Crippen molar-refractivity contribution < 1.29 is 30.7 Å². The minimum absolute atomic E-state index is 0.0881. The van der Waals surface area contributed by atoms with Crippen molar-refractivity contribution in [2.75, 3.05) is 0 Å². The lowest BCUT2D eigenvalue weighted by Gasteiger charge is -2.34. The van der Waals surface area contributed by atoms with Gasteiger partial charge in [-0.05, 0) is 31.1 Å². The Balaban J connectivity index is 2.42. The van der Waals surface area contributed by atoms with Gasteiger partial charge >= 0.3 is 18.0 Å². The maximum Gasteiger partial charge on any atom is 0.437 e.